The van der Waals surface area contributed by atoms with Gasteiger partial charge in [-0.1, -0.05) is 30.3 Å². The fourth-order valence-electron chi connectivity index (χ4n) is 1.98. The molecule has 0 saturated carbocycles. The van der Waals surface area contributed by atoms with Crippen LogP contribution in [-0.4, -0.2) is 31.1 Å². The highest BCUT2D eigenvalue weighted by Crippen LogP contribution is 2.17. The average molecular weight is 320 g/mol. The maximum atomic E-state index is 13.3. The van der Waals surface area contributed by atoms with Crippen LogP contribution in [0.4, 0.5) is 13.6 Å². The zero-order chi connectivity index (χ0) is 16.7. The predicted octanol–water partition coefficient (Wildman–Crippen LogP) is 3.19. The molecule has 1 N–H and O–H groups in total. The highest BCUT2D eigenvalue weighted by atomic mass is 19.1. The quantitative estimate of drug-likeness (QED) is 0.831. The first-order chi connectivity index (χ1) is 11.1. The number of halogens is 2. The van der Waals surface area contributed by atoms with E-state index in [0.29, 0.717) is 6.54 Å². The molecule has 2 aromatic rings. The Kier molecular flexibility index (Phi) is 5.91. The van der Waals surface area contributed by atoms with Gasteiger partial charge >= 0.3 is 6.03 Å². The third kappa shape index (κ3) is 5.25. The molecule has 0 saturated heterocycles. The van der Waals surface area contributed by atoms with Crippen LogP contribution in [-0.2, 0) is 6.54 Å². The first kappa shape index (κ1) is 16.7. The zero-order valence-corrected chi connectivity index (χ0v) is 12.8. The number of nitrogens with one attached hydrogen (secondary N) is 1. The first-order valence-electron chi connectivity index (χ1n) is 7.17. The maximum absolute atomic E-state index is 13.3. The van der Waals surface area contributed by atoms with Crippen molar-refractivity contribution in [2.24, 2.45) is 0 Å². The van der Waals surface area contributed by atoms with Crippen LogP contribution in [0.25, 0.3) is 0 Å². The van der Waals surface area contributed by atoms with Gasteiger partial charge in [-0.15, -0.1) is 0 Å². The summed E-state index contributed by atoms with van der Waals surface area (Å²) in [6.07, 6.45) is 0. The summed E-state index contributed by atoms with van der Waals surface area (Å²) in [5.74, 6) is -1.47. The van der Waals surface area contributed by atoms with Gasteiger partial charge in [0.25, 0.3) is 0 Å². The Bertz CT molecular complexity index is 650. The second-order valence-corrected chi connectivity index (χ2v) is 5.00. The van der Waals surface area contributed by atoms with E-state index in [9.17, 15) is 13.6 Å². The van der Waals surface area contributed by atoms with Crippen molar-refractivity contribution < 1.29 is 18.3 Å². The Hall–Kier alpha value is -2.63. The van der Waals surface area contributed by atoms with Gasteiger partial charge in [-0.2, -0.15) is 0 Å². The van der Waals surface area contributed by atoms with Gasteiger partial charge in [-0.05, 0) is 17.7 Å². The molecule has 0 atom stereocenters. The van der Waals surface area contributed by atoms with Gasteiger partial charge in [0, 0.05) is 19.7 Å². The smallest absolute Gasteiger partial charge is 0.317 e. The molecular weight excluding hydrogens is 302 g/mol. The number of hydrogen-bond donors (Lipinski definition) is 1. The van der Waals surface area contributed by atoms with E-state index in [2.05, 4.69) is 5.32 Å². The Labute approximate surface area is 133 Å². The van der Waals surface area contributed by atoms with Gasteiger partial charge in [-0.3, -0.25) is 0 Å². The predicted molar refractivity (Wildman–Crippen MR) is 83.2 cm³/mol. The van der Waals surface area contributed by atoms with Crippen LogP contribution < -0.4 is 10.1 Å². The summed E-state index contributed by atoms with van der Waals surface area (Å²) in [5, 5.41) is 2.67. The Morgan fingerprint density at radius 2 is 1.91 bits per heavy atom. The summed E-state index contributed by atoms with van der Waals surface area (Å²) in [7, 11) is 1.68. The number of carbonyl (C=O) groups excluding carboxylic acids is 1. The topological polar surface area (TPSA) is 41.6 Å². The van der Waals surface area contributed by atoms with Gasteiger partial charge in [-0.25, -0.2) is 13.6 Å². The molecule has 6 heteroatoms. The number of nitrogens with zero attached hydrogens (tertiary/aromatic N) is 1. The SMILES string of the molecule is CN(Cc1ccccc1)C(=O)NCCOc1ccc(F)cc1F. The Balaban J connectivity index is 1.72. The molecule has 23 heavy (non-hydrogen) atoms. The normalized spacial score (nSPS) is 10.2. The number of amides is 2. The number of carbonyl (C=O) groups is 1. The van der Waals surface area contributed by atoms with Crippen LogP contribution in [0.5, 0.6) is 5.75 Å². The molecule has 122 valence electrons. The third-order valence-electron chi connectivity index (χ3n) is 3.14. The molecule has 0 aromatic heterocycles. The van der Waals surface area contributed by atoms with Gasteiger partial charge in [0.1, 0.15) is 12.4 Å². The Morgan fingerprint density at radius 1 is 1.17 bits per heavy atom. The van der Waals surface area contributed by atoms with E-state index in [-0.39, 0.29) is 24.9 Å². The molecular formula is C17H18F2N2O2. The van der Waals surface area contributed by atoms with Gasteiger partial charge in [0.15, 0.2) is 11.6 Å². The van der Waals surface area contributed by atoms with Crippen molar-refractivity contribution in [1.29, 1.82) is 0 Å². The van der Waals surface area contributed by atoms with Crippen LogP contribution in [0.1, 0.15) is 5.56 Å². The molecule has 0 bridgehead atoms. The summed E-state index contributed by atoms with van der Waals surface area (Å²) >= 11 is 0. The van der Waals surface area contributed by atoms with Crippen molar-refractivity contribution in [2.45, 2.75) is 6.54 Å². The first-order valence-corrected chi connectivity index (χ1v) is 7.17. The van der Waals surface area contributed by atoms with Crippen molar-refractivity contribution in [3.8, 4) is 5.75 Å². The molecule has 0 aliphatic heterocycles. The Morgan fingerprint density at radius 3 is 2.61 bits per heavy atom. The minimum absolute atomic E-state index is 0.0433. The van der Waals surface area contributed by atoms with Crippen LogP contribution in [0.15, 0.2) is 48.5 Å². The molecule has 0 unspecified atom stereocenters. The van der Waals surface area contributed by atoms with Crippen molar-refractivity contribution >= 4 is 6.03 Å². The van der Waals surface area contributed by atoms with E-state index < -0.39 is 11.6 Å². The fourth-order valence-corrected chi connectivity index (χ4v) is 1.98. The number of ether oxygens (including phenoxy) is 1. The molecule has 2 aromatic carbocycles. The van der Waals surface area contributed by atoms with Gasteiger partial charge in [0.2, 0.25) is 0 Å². The van der Waals surface area contributed by atoms with Crippen LogP contribution >= 0.6 is 0 Å². The number of urea groups is 1. The zero-order valence-electron chi connectivity index (χ0n) is 12.8. The van der Waals surface area contributed by atoms with E-state index >= 15 is 0 Å². The molecule has 0 spiro atoms. The van der Waals surface area contributed by atoms with Crippen LogP contribution in [0.2, 0.25) is 0 Å². The van der Waals surface area contributed by atoms with E-state index in [1.54, 1.807) is 7.05 Å². The summed E-state index contributed by atoms with van der Waals surface area (Å²) in [4.78, 5) is 13.4. The number of benzene rings is 2. The molecule has 4 nitrogen and oxygen atoms in total. The summed E-state index contributed by atoms with van der Waals surface area (Å²) in [5.41, 5.74) is 1.02. The van der Waals surface area contributed by atoms with Gasteiger partial charge in [0.05, 0.1) is 6.54 Å². The molecule has 0 radical (unpaired) electrons. The maximum Gasteiger partial charge on any atom is 0.317 e. The third-order valence-corrected chi connectivity index (χ3v) is 3.14. The summed E-state index contributed by atoms with van der Waals surface area (Å²) in [6, 6.07) is 12.4. The van der Waals surface area contributed by atoms with Gasteiger partial charge < -0.3 is 15.0 Å². The standard InChI is InChI=1S/C17H18F2N2O2/c1-21(12-13-5-3-2-4-6-13)17(22)20-9-10-23-16-8-7-14(18)11-15(16)19/h2-8,11H,9-10,12H2,1H3,(H,20,22). The second kappa shape index (κ2) is 8.12. The number of hydrogen-bond acceptors (Lipinski definition) is 2. The minimum Gasteiger partial charge on any atom is -0.489 e. The molecule has 0 fully saturated rings. The van der Waals surface area contributed by atoms with Crippen molar-refractivity contribution in [3.05, 3.63) is 65.7 Å². The summed E-state index contributed by atoms with van der Waals surface area (Å²) < 4.78 is 31.3. The lowest BCUT2D eigenvalue weighted by Crippen LogP contribution is -2.38. The largest absolute Gasteiger partial charge is 0.489 e. The highest BCUT2D eigenvalue weighted by molar-refractivity contribution is 5.73. The lowest BCUT2D eigenvalue weighted by atomic mass is 10.2. The van der Waals surface area contributed by atoms with Crippen LogP contribution in [0.3, 0.4) is 0 Å². The van der Waals surface area contributed by atoms with E-state index in [0.717, 1.165) is 17.7 Å². The lowest BCUT2D eigenvalue weighted by molar-refractivity contribution is 0.203. The van der Waals surface area contributed by atoms with E-state index in [4.69, 9.17) is 4.74 Å². The van der Waals surface area contributed by atoms with Crippen molar-refractivity contribution in [3.63, 3.8) is 0 Å². The fraction of sp³-hybridized carbons (Fsp3) is 0.235. The monoisotopic (exact) mass is 320 g/mol. The molecule has 2 amide bonds. The van der Waals surface area contributed by atoms with E-state index in [1.807, 2.05) is 30.3 Å². The van der Waals surface area contributed by atoms with Crippen LogP contribution in [0, 0.1) is 11.6 Å². The lowest BCUT2D eigenvalue weighted by Gasteiger charge is -2.18. The van der Waals surface area contributed by atoms with Crippen molar-refractivity contribution in [1.82, 2.24) is 10.2 Å². The average Bonchev–Trinajstić information content (AvgIpc) is 2.54. The van der Waals surface area contributed by atoms with Crippen molar-refractivity contribution in [2.75, 3.05) is 20.2 Å². The highest BCUT2D eigenvalue weighted by Gasteiger charge is 2.09. The van der Waals surface area contributed by atoms with E-state index in [1.165, 1.54) is 11.0 Å². The second-order valence-electron chi connectivity index (χ2n) is 5.00. The molecule has 0 heterocycles. The molecule has 0 aliphatic rings. The molecule has 2 rings (SSSR count). The minimum atomic E-state index is -0.766. The number of rotatable bonds is 6. The summed E-state index contributed by atoms with van der Waals surface area (Å²) in [6.45, 7) is 0.794. The molecule has 0 aliphatic carbocycles.